The molecule has 2 rings (SSSR count). The van der Waals surface area contributed by atoms with Crippen molar-refractivity contribution in [2.24, 2.45) is 0 Å². The maximum atomic E-state index is 13.2. The van der Waals surface area contributed by atoms with Crippen molar-refractivity contribution in [1.29, 1.82) is 0 Å². The molecular weight excluding hydrogens is 288 g/mol. The van der Waals surface area contributed by atoms with E-state index in [0.29, 0.717) is 28.0 Å². The third kappa shape index (κ3) is 3.52. The largest absolute Gasteiger partial charge is 0.496 e. The first-order chi connectivity index (χ1) is 9.10. The van der Waals surface area contributed by atoms with Crippen LogP contribution in [0.3, 0.4) is 0 Å². The van der Waals surface area contributed by atoms with E-state index in [0.717, 1.165) is 5.56 Å². The van der Waals surface area contributed by atoms with Crippen molar-refractivity contribution < 1.29 is 9.13 Å². The quantitative estimate of drug-likeness (QED) is 0.879. The molecule has 0 atom stereocenters. The smallest absolute Gasteiger partial charge is 0.126 e. The van der Waals surface area contributed by atoms with Crippen LogP contribution >= 0.6 is 23.2 Å². The van der Waals surface area contributed by atoms with Crippen LogP contribution in [0.5, 0.6) is 5.75 Å². The number of halogens is 3. The van der Waals surface area contributed by atoms with Gasteiger partial charge in [0, 0.05) is 27.8 Å². The maximum Gasteiger partial charge on any atom is 0.126 e. The molecule has 2 nitrogen and oxygen atoms in total. The van der Waals surface area contributed by atoms with Gasteiger partial charge in [0.2, 0.25) is 0 Å². The van der Waals surface area contributed by atoms with Crippen molar-refractivity contribution >= 4 is 28.9 Å². The van der Waals surface area contributed by atoms with Gasteiger partial charge >= 0.3 is 0 Å². The first-order valence-electron chi connectivity index (χ1n) is 5.61. The summed E-state index contributed by atoms with van der Waals surface area (Å²) in [6, 6.07) is 9.68. The highest BCUT2D eigenvalue weighted by atomic mass is 35.5. The van der Waals surface area contributed by atoms with Crippen LogP contribution < -0.4 is 10.1 Å². The van der Waals surface area contributed by atoms with Gasteiger partial charge in [-0.25, -0.2) is 4.39 Å². The Morgan fingerprint density at radius 1 is 1.21 bits per heavy atom. The molecule has 1 N–H and O–H groups in total. The van der Waals surface area contributed by atoms with E-state index in [4.69, 9.17) is 27.9 Å². The molecule has 0 radical (unpaired) electrons. The summed E-state index contributed by atoms with van der Waals surface area (Å²) >= 11 is 11.9. The number of anilines is 1. The van der Waals surface area contributed by atoms with E-state index < -0.39 is 0 Å². The zero-order chi connectivity index (χ0) is 13.8. The Labute approximate surface area is 121 Å². The van der Waals surface area contributed by atoms with Crippen molar-refractivity contribution in [3.63, 3.8) is 0 Å². The van der Waals surface area contributed by atoms with E-state index in [1.807, 2.05) is 12.1 Å². The highest BCUT2D eigenvalue weighted by Crippen LogP contribution is 2.27. The maximum absolute atomic E-state index is 13.2. The molecule has 0 aliphatic heterocycles. The minimum Gasteiger partial charge on any atom is -0.496 e. The standard InChI is InChI=1S/C14H12Cl2FNO/c1-19-14-4-2-3-13(16)12(14)8-18-11-6-9(15)5-10(17)7-11/h2-7,18H,8H2,1H3. The van der Waals surface area contributed by atoms with Crippen LogP contribution in [-0.2, 0) is 6.54 Å². The van der Waals surface area contributed by atoms with Gasteiger partial charge in [0.1, 0.15) is 11.6 Å². The molecule has 0 aromatic heterocycles. The molecule has 0 heterocycles. The Morgan fingerprint density at radius 2 is 2.00 bits per heavy atom. The van der Waals surface area contributed by atoms with Crippen LogP contribution in [0.4, 0.5) is 10.1 Å². The van der Waals surface area contributed by atoms with E-state index in [-0.39, 0.29) is 5.82 Å². The molecule has 0 spiro atoms. The van der Waals surface area contributed by atoms with Crippen LogP contribution in [0.2, 0.25) is 10.0 Å². The second-order valence-electron chi connectivity index (χ2n) is 3.93. The molecule has 0 aliphatic rings. The summed E-state index contributed by atoms with van der Waals surface area (Å²) in [5.74, 6) is 0.295. The highest BCUT2D eigenvalue weighted by Gasteiger charge is 2.07. The SMILES string of the molecule is COc1cccc(Cl)c1CNc1cc(F)cc(Cl)c1. The minimum absolute atomic E-state index is 0.341. The zero-order valence-corrected chi connectivity index (χ0v) is 11.7. The predicted molar refractivity (Wildman–Crippen MR) is 76.7 cm³/mol. The average molecular weight is 300 g/mol. The lowest BCUT2D eigenvalue weighted by Gasteiger charge is -2.12. The summed E-state index contributed by atoms with van der Waals surface area (Å²) in [5.41, 5.74) is 1.40. The number of hydrogen-bond acceptors (Lipinski definition) is 2. The van der Waals surface area contributed by atoms with Gasteiger partial charge < -0.3 is 10.1 Å². The summed E-state index contributed by atoms with van der Waals surface area (Å²) in [7, 11) is 1.58. The number of ether oxygens (including phenoxy) is 1. The second-order valence-corrected chi connectivity index (χ2v) is 4.78. The second kappa shape index (κ2) is 6.13. The van der Waals surface area contributed by atoms with E-state index in [2.05, 4.69) is 5.32 Å². The molecular formula is C14H12Cl2FNO. The lowest BCUT2D eigenvalue weighted by molar-refractivity contribution is 0.410. The van der Waals surface area contributed by atoms with Gasteiger partial charge in [-0.3, -0.25) is 0 Å². The predicted octanol–water partition coefficient (Wildman–Crippen LogP) is 4.75. The molecule has 0 unspecified atom stereocenters. The van der Waals surface area contributed by atoms with Gasteiger partial charge in [-0.2, -0.15) is 0 Å². The molecule has 0 fully saturated rings. The normalized spacial score (nSPS) is 10.3. The first kappa shape index (κ1) is 14.0. The van der Waals surface area contributed by atoms with Crippen molar-refractivity contribution in [3.05, 3.63) is 57.8 Å². The van der Waals surface area contributed by atoms with Crippen molar-refractivity contribution in [2.45, 2.75) is 6.54 Å². The van der Waals surface area contributed by atoms with Crippen LogP contribution in [0.1, 0.15) is 5.56 Å². The number of methoxy groups -OCH3 is 1. The fourth-order valence-corrected chi connectivity index (χ4v) is 2.20. The molecule has 2 aromatic rings. The first-order valence-corrected chi connectivity index (χ1v) is 6.37. The summed E-state index contributed by atoms with van der Waals surface area (Å²) in [4.78, 5) is 0. The van der Waals surface area contributed by atoms with Gasteiger partial charge in [-0.1, -0.05) is 29.3 Å². The number of benzene rings is 2. The Bertz CT molecular complexity index is 569. The Balaban J connectivity index is 2.18. The van der Waals surface area contributed by atoms with Crippen LogP contribution in [0.15, 0.2) is 36.4 Å². The third-order valence-corrected chi connectivity index (χ3v) is 3.20. The summed E-state index contributed by atoms with van der Waals surface area (Å²) < 4.78 is 18.4. The van der Waals surface area contributed by atoms with E-state index in [1.165, 1.54) is 12.1 Å². The van der Waals surface area contributed by atoms with E-state index >= 15 is 0 Å². The average Bonchev–Trinajstić information content (AvgIpc) is 2.36. The van der Waals surface area contributed by atoms with Gasteiger partial charge in [-0.05, 0) is 30.3 Å². The molecule has 5 heteroatoms. The molecule has 0 amide bonds. The Kier molecular flexibility index (Phi) is 4.51. The summed E-state index contributed by atoms with van der Waals surface area (Å²) in [6.07, 6.45) is 0. The zero-order valence-electron chi connectivity index (χ0n) is 10.2. The van der Waals surface area contributed by atoms with Gasteiger partial charge in [-0.15, -0.1) is 0 Å². The monoisotopic (exact) mass is 299 g/mol. The van der Waals surface area contributed by atoms with Crippen molar-refractivity contribution in [3.8, 4) is 5.75 Å². The van der Waals surface area contributed by atoms with Gasteiger partial charge in [0.05, 0.1) is 7.11 Å². The molecule has 0 bridgehead atoms. The van der Waals surface area contributed by atoms with Crippen molar-refractivity contribution in [1.82, 2.24) is 0 Å². The van der Waals surface area contributed by atoms with E-state index in [1.54, 1.807) is 19.2 Å². The fraction of sp³-hybridized carbons (Fsp3) is 0.143. The molecule has 0 aliphatic carbocycles. The minimum atomic E-state index is -0.388. The topological polar surface area (TPSA) is 21.3 Å². The van der Waals surface area contributed by atoms with Crippen LogP contribution in [0.25, 0.3) is 0 Å². The number of hydrogen-bond donors (Lipinski definition) is 1. The molecule has 19 heavy (non-hydrogen) atoms. The Morgan fingerprint density at radius 3 is 2.68 bits per heavy atom. The Hall–Kier alpha value is -1.45. The molecule has 0 saturated carbocycles. The molecule has 0 saturated heterocycles. The lowest BCUT2D eigenvalue weighted by Crippen LogP contribution is -2.02. The van der Waals surface area contributed by atoms with E-state index in [9.17, 15) is 4.39 Å². The van der Waals surface area contributed by atoms with Gasteiger partial charge in [0.25, 0.3) is 0 Å². The fourth-order valence-electron chi connectivity index (χ4n) is 1.75. The summed E-state index contributed by atoms with van der Waals surface area (Å²) in [6.45, 7) is 0.419. The lowest BCUT2D eigenvalue weighted by atomic mass is 10.2. The molecule has 100 valence electrons. The third-order valence-electron chi connectivity index (χ3n) is 2.63. The number of nitrogens with one attached hydrogen (secondary N) is 1. The van der Waals surface area contributed by atoms with Gasteiger partial charge in [0.15, 0.2) is 0 Å². The van der Waals surface area contributed by atoms with Crippen molar-refractivity contribution in [2.75, 3.05) is 12.4 Å². The number of rotatable bonds is 4. The summed E-state index contributed by atoms with van der Waals surface area (Å²) in [5, 5.41) is 4.00. The van der Waals surface area contributed by atoms with Crippen LogP contribution in [0, 0.1) is 5.82 Å². The van der Waals surface area contributed by atoms with Crippen LogP contribution in [-0.4, -0.2) is 7.11 Å². The molecule has 2 aromatic carbocycles. The highest BCUT2D eigenvalue weighted by molar-refractivity contribution is 6.31.